The van der Waals surface area contributed by atoms with Crippen molar-refractivity contribution in [2.75, 3.05) is 11.1 Å². The van der Waals surface area contributed by atoms with Crippen LogP contribution in [0.4, 0.5) is 20.2 Å². The second kappa shape index (κ2) is 7.68. The molecule has 0 unspecified atom stereocenters. The minimum Gasteiger partial charge on any atom is -0.326 e. The van der Waals surface area contributed by atoms with E-state index in [0.717, 1.165) is 12.1 Å². The van der Waals surface area contributed by atoms with Gasteiger partial charge in [-0.3, -0.25) is 14.9 Å². The van der Waals surface area contributed by atoms with Crippen molar-refractivity contribution in [1.82, 2.24) is 0 Å². The Morgan fingerprint density at radius 3 is 2.61 bits per heavy atom. The molecule has 2 aromatic rings. The molecule has 0 saturated carbocycles. The van der Waals surface area contributed by atoms with Crippen molar-refractivity contribution in [3.8, 4) is 0 Å². The number of rotatable bonds is 6. The predicted molar refractivity (Wildman–Crippen MR) is 83.4 cm³/mol. The molecule has 2 rings (SSSR count). The van der Waals surface area contributed by atoms with Crippen LogP contribution in [0.1, 0.15) is 6.42 Å². The standard InChI is InChI=1S/C15H12F2N2O3S/c16-11-6-5-10(9-13(11)19(21)22)18-15(20)7-8-23-14-4-2-1-3-12(14)17/h1-6,9H,7-8H2,(H,18,20). The van der Waals surface area contributed by atoms with Gasteiger partial charge in [-0.05, 0) is 24.3 Å². The first kappa shape index (κ1) is 16.9. The number of carbonyl (C=O) groups excluding carboxylic acids is 1. The van der Waals surface area contributed by atoms with Gasteiger partial charge in [0, 0.05) is 28.8 Å². The van der Waals surface area contributed by atoms with Crippen LogP contribution >= 0.6 is 11.8 Å². The van der Waals surface area contributed by atoms with E-state index < -0.39 is 22.3 Å². The van der Waals surface area contributed by atoms with Crippen molar-refractivity contribution in [2.45, 2.75) is 11.3 Å². The van der Waals surface area contributed by atoms with Gasteiger partial charge in [0.1, 0.15) is 5.82 Å². The van der Waals surface area contributed by atoms with Gasteiger partial charge in [-0.2, -0.15) is 4.39 Å². The summed E-state index contributed by atoms with van der Waals surface area (Å²) in [5, 5.41) is 13.1. The zero-order valence-corrected chi connectivity index (χ0v) is 12.6. The highest BCUT2D eigenvalue weighted by Crippen LogP contribution is 2.23. The number of thioether (sulfide) groups is 1. The largest absolute Gasteiger partial charge is 0.326 e. The van der Waals surface area contributed by atoms with Gasteiger partial charge in [0.2, 0.25) is 11.7 Å². The molecular weight excluding hydrogens is 326 g/mol. The fourth-order valence-corrected chi connectivity index (χ4v) is 2.66. The van der Waals surface area contributed by atoms with Crippen LogP contribution in [0.15, 0.2) is 47.4 Å². The Hall–Kier alpha value is -2.48. The Morgan fingerprint density at radius 1 is 1.17 bits per heavy atom. The van der Waals surface area contributed by atoms with Crippen LogP contribution in [0, 0.1) is 21.7 Å². The molecule has 23 heavy (non-hydrogen) atoms. The maximum atomic E-state index is 13.4. The first-order chi connectivity index (χ1) is 11.0. The Labute approximate surface area is 134 Å². The highest BCUT2D eigenvalue weighted by molar-refractivity contribution is 7.99. The van der Waals surface area contributed by atoms with Crippen molar-refractivity contribution in [3.05, 3.63) is 64.2 Å². The Morgan fingerprint density at radius 2 is 1.91 bits per heavy atom. The second-order valence-electron chi connectivity index (χ2n) is 4.50. The summed E-state index contributed by atoms with van der Waals surface area (Å²) < 4.78 is 26.6. The molecule has 1 amide bonds. The number of hydrogen-bond acceptors (Lipinski definition) is 4. The normalized spacial score (nSPS) is 10.3. The minimum atomic E-state index is -0.969. The summed E-state index contributed by atoms with van der Waals surface area (Å²) in [5.74, 6) is -1.37. The van der Waals surface area contributed by atoms with Crippen molar-refractivity contribution in [2.24, 2.45) is 0 Å². The van der Waals surface area contributed by atoms with E-state index in [1.54, 1.807) is 18.2 Å². The first-order valence-corrected chi connectivity index (χ1v) is 7.57. The van der Waals surface area contributed by atoms with E-state index in [1.807, 2.05) is 0 Å². The van der Waals surface area contributed by atoms with Crippen LogP contribution < -0.4 is 5.32 Å². The Balaban J connectivity index is 1.89. The maximum absolute atomic E-state index is 13.4. The number of anilines is 1. The first-order valence-electron chi connectivity index (χ1n) is 6.58. The summed E-state index contributed by atoms with van der Waals surface area (Å²) in [5.41, 5.74) is -0.567. The van der Waals surface area contributed by atoms with E-state index >= 15 is 0 Å². The monoisotopic (exact) mass is 338 g/mol. The third kappa shape index (κ3) is 4.75. The molecule has 0 fully saturated rings. The van der Waals surface area contributed by atoms with Gasteiger partial charge >= 0.3 is 5.69 Å². The fraction of sp³-hybridized carbons (Fsp3) is 0.133. The van der Waals surface area contributed by atoms with Crippen molar-refractivity contribution in [3.63, 3.8) is 0 Å². The number of hydrogen-bond donors (Lipinski definition) is 1. The molecular formula is C15H12F2N2O3S. The van der Waals surface area contributed by atoms with Crippen molar-refractivity contribution in [1.29, 1.82) is 0 Å². The second-order valence-corrected chi connectivity index (χ2v) is 5.64. The molecule has 8 heteroatoms. The summed E-state index contributed by atoms with van der Waals surface area (Å²) in [4.78, 5) is 22.0. The Bertz CT molecular complexity index is 740. The molecule has 0 aliphatic heterocycles. The number of nitro groups is 1. The van der Waals surface area contributed by atoms with E-state index in [-0.39, 0.29) is 17.9 Å². The minimum absolute atomic E-state index is 0.0875. The average Bonchev–Trinajstić information content (AvgIpc) is 2.51. The third-order valence-electron chi connectivity index (χ3n) is 2.85. The number of nitrogens with one attached hydrogen (secondary N) is 1. The van der Waals surface area contributed by atoms with E-state index in [0.29, 0.717) is 10.6 Å². The van der Waals surface area contributed by atoms with Crippen LogP contribution in [-0.4, -0.2) is 16.6 Å². The SMILES string of the molecule is O=C(CCSc1ccccc1F)Nc1ccc(F)c([N+](=O)[O-])c1. The lowest BCUT2D eigenvalue weighted by molar-refractivity contribution is -0.387. The van der Waals surface area contributed by atoms with Gasteiger partial charge in [0.25, 0.3) is 0 Å². The predicted octanol–water partition coefficient (Wildman–Crippen LogP) is 3.99. The van der Waals surface area contributed by atoms with Crippen molar-refractivity contribution >= 4 is 29.0 Å². The summed E-state index contributed by atoms with van der Waals surface area (Å²) in [6, 6.07) is 9.33. The molecule has 2 aromatic carbocycles. The molecule has 0 atom stereocenters. The summed E-state index contributed by atoms with van der Waals surface area (Å²) >= 11 is 1.19. The average molecular weight is 338 g/mol. The number of nitro benzene ring substituents is 1. The number of benzene rings is 2. The topological polar surface area (TPSA) is 72.2 Å². The molecule has 120 valence electrons. The van der Waals surface area contributed by atoms with Crippen LogP contribution in [0.5, 0.6) is 0 Å². The molecule has 1 N–H and O–H groups in total. The molecule has 0 aliphatic carbocycles. The van der Waals surface area contributed by atoms with E-state index in [9.17, 15) is 23.7 Å². The smallest absolute Gasteiger partial charge is 0.306 e. The van der Waals surface area contributed by atoms with Gasteiger partial charge in [-0.1, -0.05) is 12.1 Å². The molecule has 0 bridgehead atoms. The van der Waals surface area contributed by atoms with E-state index in [4.69, 9.17) is 0 Å². The van der Waals surface area contributed by atoms with Crippen LogP contribution in [0.3, 0.4) is 0 Å². The molecule has 5 nitrogen and oxygen atoms in total. The van der Waals surface area contributed by atoms with Crippen LogP contribution in [-0.2, 0) is 4.79 Å². The van der Waals surface area contributed by atoms with Gasteiger partial charge in [-0.15, -0.1) is 11.8 Å². The molecule has 0 saturated heterocycles. The fourth-order valence-electron chi connectivity index (χ4n) is 1.77. The van der Waals surface area contributed by atoms with Gasteiger partial charge < -0.3 is 5.32 Å². The summed E-state index contributed by atoms with van der Waals surface area (Å²) in [6.07, 6.45) is 0.0875. The lowest BCUT2D eigenvalue weighted by atomic mass is 10.2. The van der Waals surface area contributed by atoms with E-state index in [1.165, 1.54) is 23.9 Å². The zero-order valence-electron chi connectivity index (χ0n) is 11.8. The van der Waals surface area contributed by atoms with Crippen LogP contribution in [0.2, 0.25) is 0 Å². The lowest BCUT2D eigenvalue weighted by Crippen LogP contribution is -2.12. The molecule has 0 heterocycles. The Kier molecular flexibility index (Phi) is 5.64. The maximum Gasteiger partial charge on any atom is 0.306 e. The molecule has 0 aliphatic rings. The highest BCUT2D eigenvalue weighted by atomic mass is 32.2. The van der Waals surface area contributed by atoms with E-state index in [2.05, 4.69) is 5.32 Å². The molecule has 0 aromatic heterocycles. The molecule has 0 spiro atoms. The number of halogens is 2. The highest BCUT2D eigenvalue weighted by Gasteiger charge is 2.15. The quantitative estimate of drug-likeness (QED) is 0.491. The van der Waals surface area contributed by atoms with Gasteiger partial charge in [-0.25, -0.2) is 4.39 Å². The third-order valence-corrected chi connectivity index (χ3v) is 3.90. The zero-order chi connectivity index (χ0) is 16.8. The number of amides is 1. The number of nitrogens with zero attached hydrogens (tertiary/aromatic N) is 1. The molecule has 0 radical (unpaired) electrons. The summed E-state index contributed by atoms with van der Waals surface area (Å²) in [7, 11) is 0. The lowest BCUT2D eigenvalue weighted by Gasteiger charge is -2.06. The van der Waals surface area contributed by atoms with Gasteiger partial charge in [0.05, 0.1) is 4.92 Å². The van der Waals surface area contributed by atoms with Crippen molar-refractivity contribution < 1.29 is 18.5 Å². The van der Waals surface area contributed by atoms with Gasteiger partial charge in [0.15, 0.2) is 0 Å². The summed E-state index contributed by atoms with van der Waals surface area (Å²) in [6.45, 7) is 0. The van der Waals surface area contributed by atoms with Crippen LogP contribution in [0.25, 0.3) is 0 Å². The number of carbonyl (C=O) groups is 1.